The van der Waals surface area contributed by atoms with E-state index in [-0.39, 0.29) is 5.82 Å². The second-order valence-corrected chi connectivity index (χ2v) is 7.61. The Bertz CT molecular complexity index is 1420. The van der Waals surface area contributed by atoms with Gasteiger partial charge in [0.2, 0.25) is 0 Å². The zero-order chi connectivity index (χ0) is 21.4. The van der Waals surface area contributed by atoms with E-state index in [9.17, 15) is 4.39 Å². The average Bonchev–Trinajstić information content (AvgIpc) is 3.17. The molecule has 0 fully saturated rings. The fourth-order valence-electron chi connectivity index (χ4n) is 3.84. The molecule has 0 N–H and O–H groups in total. The Morgan fingerprint density at radius 2 is 1.94 bits per heavy atom. The van der Waals surface area contributed by atoms with E-state index >= 15 is 0 Å². The second kappa shape index (κ2) is 8.06. The maximum absolute atomic E-state index is 14.6. The van der Waals surface area contributed by atoms with Crippen molar-refractivity contribution in [2.45, 2.75) is 6.54 Å². The fourth-order valence-corrected chi connectivity index (χ4v) is 4.01. The molecule has 0 spiro atoms. The number of hydrogen-bond donors (Lipinski definition) is 0. The predicted molar refractivity (Wildman–Crippen MR) is 121 cm³/mol. The van der Waals surface area contributed by atoms with Gasteiger partial charge in [0.1, 0.15) is 5.82 Å². The van der Waals surface area contributed by atoms with Crippen LogP contribution in [0.3, 0.4) is 0 Å². The molecule has 0 saturated heterocycles. The molecule has 0 atom stereocenters. The highest BCUT2D eigenvalue weighted by Crippen LogP contribution is 2.37. The van der Waals surface area contributed by atoms with Crippen LogP contribution < -0.4 is 0 Å². The SMILES string of the molecule is COCCn1cc(-c2cc(-c3cc(Cl)ccc3F)nc3ncccc23)c2ccncc21. The normalized spacial score (nSPS) is 11.5. The van der Waals surface area contributed by atoms with Crippen LogP contribution in [-0.2, 0) is 11.3 Å². The van der Waals surface area contributed by atoms with E-state index in [0.717, 1.165) is 27.4 Å². The minimum absolute atomic E-state index is 0.339. The summed E-state index contributed by atoms with van der Waals surface area (Å²) in [6.07, 6.45) is 7.37. The van der Waals surface area contributed by atoms with Crippen LogP contribution in [0.25, 0.3) is 44.3 Å². The van der Waals surface area contributed by atoms with E-state index in [1.54, 1.807) is 25.6 Å². The monoisotopic (exact) mass is 432 g/mol. The lowest BCUT2D eigenvalue weighted by molar-refractivity contribution is 0.188. The molecule has 31 heavy (non-hydrogen) atoms. The van der Waals surface area contributed by atoms with E-state index in [0.29, 0.717) is 35.1 Å². The number of halogens is 2. The van der Waals surface area contributed by atoms with Crippen molar-refractivity contribution in [3.05, 3.63) is 78.1 Å². The third-order valence-corrected chi connectivity index (χ3v) is 5.53. The van der Waals surface area contributed by atoms with Crippen LogP contribution >= 0.6 is 11.6 Å². The molecule has 0 saturated carbocycles. The Kier molecular flexibility index (Phi) is 5.10. The Morgan fingerprint density at radius 1 is 1.03 bits per heavy atom. The highest BCUT2D eigenvalue weighted by Gasteiger charge is 2.17. The zero-order valence-electron chi connectivity index (χ0n) is 16.7. The molecular weight excluding hydrogens is 415 g/mol. The maximum Gasteiger partial charge on any atom is 0.160 e. The van der Waals surface area contributed by atoms with Gasteiger partial charge in [-0.1, -0.05) is 11.6 Å². The molecule has 4 heterocycles. The summed E-state index contributed by atoms with van der Waals surface area (Å²) < 4.78 is 22.0. The van der Waals surface area contributed by atoms with Gasteiger partial charge in [0.25, 0.3) is 0 Å². The molecule has 4 aromatic heterocycles. The predicted octanol–water partition coefficient (Wildman–Crippen LogP) is 5.75. The average molecular weight is 433 g/mol. The molecule has 1 aromatic carbocycles. The molecule has 0 aliphatic heterocycles. The van der Waals surface area contributed by atoms with Crippen LogP contribution in [0.1, 0.15) is 0 Å². The molecule has 0 radical (unpaired) electrons. The molecule has 0 bridgehead atoms. The summed E-state index contributed by atoms with van der Waals surface area (Å²) in [6, 6.07) is 12.2. The minimum Gasteiger partial charge on any atom is -0.383 e. The standard InChI is InChI=1S/C24H18ClFN4O/c1-31-10-9-30-14-20(16-6-8-27-13-23(16)30)18-12-22(19-11-15(25)4-5-21(19)26)29-24-17(18)3-2-7-28-24/h2-8,11-14H,9-10H2,1H3. The van der Waals surface area contributed by atoms with E-state index in [1.165, 1.54) is 12.1 Å². The van der Waals surface area contributed by atoms with Gasteiger partial charge < -0.3 is 9.30 Å². The fraction of sp³-hybridized carbons (Fsp3) is 0.125. The molecule has 0 unspecified atom stereocenters. The number of hydrogen-bond acceptors (Lipinski definition) is 4. The van der Waals surface area contributed by atoms with Crippen molar-refractivity contribution in [1.29, 1.82) is 0 Å². The van der Waals surface area contributed by atoms with Crippen LogP contribution in [0, 0.1) is 5.82 Å². The molecule has 154 valence electrons. The van der Waals surface area contributed by atoms with Crippen molar-refractivity contribution in [2.75, 3.05) is 13.7 Å². The van der Waals surface area contributed by atoms with Gasteiger partial charge in [-0.25, -0.2) is 14.4 Å². The first-order valence-corrected chi connectivity index (χ1v) is 10.2. The van der Waals surface area contributed by atoms with Crippen LogP contribution in [0.4, 0.5) is 4.39 Å². The summed E-state index contributed by atoms with van der Waals surface area (Å²) >= 11 is 6.14. The third kappa shape index (κ3) is 3.54. The summed E-state index contributed by atoms with van der Waals surface area (Å²) in [6.45, 7) is 1.27. The number of benzene rings is 1. The van der Waals surface area contributed by atoms with Gasteiger partial charge in [-0.15, -0.1) is 0 Å². The van der Waals surface area contributed by atoms with Crippen molar-refractivity contribution < 1.29 is 9.13 Å². The van der Waals surface area contributed by atoms with Crippen molar-refractivity contribution in [2.24, 2.45) is 0 Å². The molecule has 5 rings (SSSR count). The van der Waals surface area contributed by atoms with Gasteiger partial charge >= 0.3 is 0 Å². The lowest BCUT2D eigenvalue weighted by atomic mass is 9.99. The summed E-state index contributed by atoms with van der Waals surface area (Å²) in [4.78, 5) is 13.3. The summed E-state index contributed by atoms with van der Waals surface area (Å²) in [5.74, 6) is -0.384. The van der Waals surface area contributed by atoms with Crippen LogP contribution in [-0.4, -0.2) is 33.2 Å². The van der Waals surface area contributed by atoms with Gasteiger partial charge in [0.05, 0.1) is 24.0 Å². The first-order valence-electron chi connectivity index (χ1n) is 9.79. The maximum atomic E-state index is 14.6. The quantitative estimate of drug-likeness (QED) is 0.354. The van der Waals surface area contributed by atoms with E-state index in [2.05, 4.69) is 25.7 Å². The molecule has 5 nitrogen and oxygen atoms in total. The topological polar surface area (TPSA) is 52.8 Å². The lowest BCUT2D eigenvalue weighted by Crippen LogP contribution is -2.02. The number of pyridine rings is 3. The van der Waals surface area contributed by atoms with Gasteiger partial charge in [-0.3, -0.25) is 4.98 Å². The molecule has 7 heteroatoms. The van der Waals surface area contributed by atoms with Crippen molar-refractivity contribution in [3.8, 4) is 22.4 Å². The third-order valence-electron chi connectivity index (χ3n) is 5.30. The zero-order valence-corrected chi connectivity index (χ0v) is 17.5. The molecule has 0 aliphatic rings. The largest absolute Gasteiger partial charge is 0.383 e. The second-order valence-electron chi connectivity index (χ2n) is 7.18. The highest BCUT2D eigenvalue weighted by molar-refractivity contribution is 6.30. The summed E-state index contributed by atoms with van der Waals surface area (Å²) in [5.41, 5.74) is 4.27. The highest BCUT2D eigenvalue weighted by atomic mass is 35.5. The first kappa shape index (κ1) is 19.6. The Balaban J connectivity index is 1.80. The number of ether oxygens (including phenoxy) is 1. The number of methoxy groups -OCH3 is 1. The first-order chi connectivity index (χ1) is 15.2. The number of aromatic nitrogens is 4. The van der Waals surface area contributed by atoms with Crippen molar-refractivity contribution in [3.63, 3.8) is 0 Å². The van der Waals surface area contributed by atoms with Gasteiger partial charge in [0.15, 0.2) is 5.65 Å². The van der Waals surface area contributed by atoms with Crippen molar-refractivity contribution >= 4 is 33.5 Å². The van der Waals surface area contributed by atoms with Crippen molar-refractivity contribution in [1.82, 2.24) is 19.5 Å². The molecule has 0 amide bonds. The number of fused-ring (bicyclic) bond motifs is 2. The van der Waals surface area contributed by atoms with Crippen LogP contribution in [0.2, 0.25) is 5.02 Å². The Morgan fingerprint density at radius 3 is 2.81 bits per heavy atom. The summed E-state index contributed by atoms with van der Waals surface area (Å²) in [7, 11) is 1.68. The van der Waals surface area contributed by atoms with E-state index in [1.807, 2.05) is 30.5 Å². The lowest BCUT2D eigenvalue weighted by Gasteiger charge is -2.10. The minimum atomic E-state index is -0.384. The molecule has 0 aliphatic carbocycles. The van der Waals surface area contributed by atoms with E-state index in [4.69, 9.17) is 16.3 Å². The number of rotatable bonds is 5. The van der Waals surface area contributed by atoms with Gasteiger partial charge in [0, 0.05) is 59.2 Å². The van der Waals surface area contributed by atoms with Crippen LogP contribution in [0.5, 0.6) is 0 Å². The smallest absolute Gasteiger partial charge is 0.160 e. The van der Waals surface area contributed by atoms with Gasteiger partial charge in [-0.2, -0.15) is 0 Å². The van der Waals surface area contributed by atoms with Gasteiger partial charge in [-0.05, 0) is 48.0 Å². The van der Waals surface area contributed by atoms with E-state index < -0.39 is 0 Å². The van der Waals surface area contributed by atoms with Crippen LogP contribution in [0.15, 0.2) is 67.3 Å². The molecule has 5 aromatic rings. The Hall–Kier alpha value is -3.35. The molecular formula is C24H18ClFN4O. The summed E-state index contributed by atoms with van der Waals surface area (Å²) in [5, 5.41) is 2.37. The Labute approximate surface area is 183 Å². The number of nitrogens with zero attached hydrogens (tertiary/aromatic N) is 4.